The minimum absolute atomic E-state index is 0.249. The fourth-order valence-electron chi connectivity index (χ4n) is 2.76. The molecule has 1 N–H and O–H groups in total. The van der Waals surface area contributed by atoms with E-state index in [-0.39, 0.29) is 6.10 Å². The normalized spacial score (nSPS) is 18.6. The van der Waals surface area contributed by atoms with Gasteiger partial charge in [-0.2, -0.15) is 11.3 Å². The highest BCUT2D eigenvalue weighted by Gasteiger charge is 2.29. The Balaban J connectivity index is 1.70. The van der Waals surface area contributed by atoms with E-state index in [0.717, 1.165) is 31.6 Å². The second kappa shape index (κ2) is 6.42. The van der Waals surface area contributed by atoms with E-state index in [2.05, 4.69) is 53.3 Å². The van der Waals surface area contributed by atoms with Crippen molar-refractivity contribution >= 4 is 11.3 Å². The maximum atomic E-state index is 6.16. The number of para-hydroxylation sites is 1. The van der Waals surface area contributed by atoms with E-state index in [1.54, 1.807) is 11.3 Å². The Bertz CT molecular complexity index is 513. The third kappa shape index (κ3) is 3.05. The molecule has 0 saturated heterocycles. The first-order valence-corrected chi connectivity index (χ1v) is 8.30. The van der Waals surface area contributed by atoms with Crippen LogP contribution in [0.15, 0.2) is 41.1 Å². The molecular weight excluding hydrogens is 266 g/mol. The Morgan fingerprint density at radius 3 is 3.00 bits per heavy atom. The van der Waals surface area contributed by atoms with Gasteiger partial charge in [0.1, 0.15) is 11.9 Å². The number of benzene rings is 1. The van der Waals surface area contributed by atoms with Crippen LogP contribution in [0.4, 0.5) is 0 Å². The van der Waals surface area contributed by atoms with Crippen LogP contribution in [0.25, 0.3) is 0 Å². The molecule has 1 aromatic heterocycles. The Hall–Kier alpha value is -1.32. The molecule has 2 aromatic rings. The van der Waals surface area contributed by atoms with Crippen molar-refractivity contribution in [3.63, 3.8) is 0 Å². The first-order valence-electron chi connectivity index (χ1n) is 7.36. The van der Waals surface area contributed by atoms with Crippen LogP contribution in [0.1, 0.15) is 24.5 Å². The second-order valence-electron chi connectivity index (χ2n) is 5.36. The van der Waals surface area contributed by atoms with Gasteiger partial charge in [-0.15, -0.1) is 0 Å². The van der Waals surface area contributed by atoms with E-state index in [9.17, 15) is 0 Å². The van der Waals surface area contributed by atoms with E-state index in [1.165, 1.54) is 11.1 Å². The summed E-state index contributed by atoms with van der Waals surface area (Å²) in [6.07, 6.45) is 3.46. The molecule has 1 aliphatic rings. The lowest BCUT2D eigenvalue weighted by molar-refractivity contribution is 0.177. The Kier molecular flexibility index (Phi) is 4.38. The Labute approximate surface area is 124 Å². The lowest BCUT2D eigenvalue weighted by atomic mass is 9.99. The zero-order valence-electron chi connectivity index (χ0n) is 11.8. The van der Waals surface area contributed by atoms with Gasteiger partial charge >= 0.3 is 0 Å². The molecule has 0 bridgehead atoms. The average molecular weight is 287 g/mol. The lowest BCUT2D eigenvalue weighted by Crippen LogP contribution is -2.44. The predicted octanol–water partition coefficient (Wildman–Crippen LogP) is 3.66. The van der Waals surface area contributed by atoms with Crippen molar-refractivity contribution in [3.8, 4) is 5.75 Å². The summed E-state index contributed by atoms with van der Waals surface area (Å²) in [6.45, 7) is 3.25. The van der Waals surface area contributed by atoms with Crippen molar-refractivity contribution in [2.24, 2.45) is 0 Å². The molecule has 3 heteroatoms. The molecule has 3 rings (SSSR count). The molecule has 0 fully saturated rings. The van der Waals surface area contributed by atoms with Gasteiger partial charge in [-0.25, -0.2) is 0 Å². The SMILES string of the molecule is CCCNC(Cc1ccsc1)C1Cc2ccccc2O1. The molecule has 0 radical (unpaired) electrons. The van der Waals surface area contributed by atoms with Crippen molar-refractivity contribution in [3.05, 3.63) is 52.2 Å². The zero-order valence-corrected chi connectivity index (χ0v) is 12.7. The first-order chi connectivity index (χ1) is 9.86. The maximum absolute atomic E-state index is 6.16. The predicted molar refractivity (Wildman–Crippen MR) is 84.7 cm³/mol. The van der Waals surface area contributed by atoms with E-state index < -0.39 is 0 Å². The first kappa shape index (κ1) is 13.7. The smallest absolute Gasteiger partial charge is 0.123 e. The van der Waals surface area contributed by atoms with Gasteiger partial charge in [0.2, 0.25) is 0 Å². The zero-order chi connectivity index (χ0) is 13.8. The number of hydrogen-bond acceptors (Lipinski definition) is 3. The van der Waals surface area contributed by atoms with Crippen molar-refractivity contribution in [1.82, 2.24) is 5.32 Å². The molecule has 1 aromatic carbocycles. The molecule has 20 heavy (non-hydrogen) atoms. The molecular formula is C17H21NOS. The van der Waals surface area contributed by atoms with E-state index in [1.807, 2.05) is 0 Å². The minimum atomic E-state index is 0.249. The van der Waals surface area contributed by atoms with Gasteiger partial charge in [-0.05, 0) is 53.4 Å². The van der Waals surface area contributed by atoms with Crippen LogP contribution >= 0.6 is 11.3 Å². The molecule has 0 saturated carbocycles. The van der Waals surface area contributed by atoms with E-state index in [4.69, 9.17) is 4.74 Å². The molecule has 2 nitrogen and oxygen atoms in total. The highest BCUT2D eigenvalue weighted by Crippen LogP contribution is 2.30. The average Bonchev–Trinajstić information content (AvgIpc) is 3.12. The van der Waals surface area contributed by atoms with Crippen LogP contribution < -0.4 is 10.1 Å². The molecule has 2 unspecified atom stereocenters. The number of hydrogen-bond donors (Lipinski definition) is 1. The Morgan fingerprint density at radius 2 is 2.25 bits per heavy atom. The number of nitrogens with one attached hydrogen (secondary N) is 1. The van der Waals surface area contributed by atoms with Gasteiger partial charge in [0.05, 0.1) is 0 Å². The van der Waals surface area contributed by atoms with Crippen LogP contribution in [0, 0.1) is 0 Å². The number of fused-ring (bicyclic) bond motifs is 1. The van der Waals surface area contributed by atoms with Crippen molar-refractivity contribution < 1.29 is 4.74 Å². The molecule has 2 atom stereocenters. The monoisotopic (exact) mass is 287 g/mol. The third-order valence-electron chi connectivity index (χ3n) is 3.81. The van der Waals surface area contributed by atoms with Crippen LogP contribution in [-0.2, 0) is 12.8 Å². The van der Waals surface area contributed by atoms with E-state index >= 15 is 0 Å². The summed E-state index contributed by atoms with van der Waals surface area (Å²) in [7, 11) is 0. The molecule has 0 amide bonds. The summed E-state index contributed by atoms with van der Waals surface area (Å²) in [4.78, 5) is 0. The lowest BCUT2D eigenvalue weighted by Gasteiger charge is -2.24. The molecule has 0 aliphatic carbocycles. The van der Waals surface area contributed by atoms with Gasteiger partial charge in [0.25, 0.3) is 0 Å². The molecule has 0 spiro atoms. The largest absolute Gasteiger partial charge is 0.488 e. The standard InChI is InChI=1S/C17H21NOS/c1-2-8-18-15(10-13-7-9-20-12-13)17-11-14-5-3-4-6-16(14)19-17/h3-7,9,12,15,17-18H,2,8,10-11H2,1H3. The fraction of sp³-hybridized carbons (Fsp3) is 0.412. The number of thiophene rings is 1. The topological polar surface area (TPSA) is 21.3 Å². The van der Waals surface area contributed by atoms with Gasteiger partial charge in [0.15, 0.2) is 0 Å². The van der Waals surface area contributed by atoms with Crippen LogP contribution in [0.5, 0.6) is 5.75 Å². The number of rotatable bonds is 6. The summed E-state index contributed by atoms with van der Waals surface area (Å²) in [5.41, 5.74) is 2.74. The maximum Gasteiger partial charge on any atom is 0.123 e. The minimum Gasteiger partial charge on any atom is -0.488 e. The second-order valence-corrected chi connectivity index (χ2v) is 6.14. The van der Waals surface area contributed by atoms with Gasteiger partial charge in [-0.1, -0.05) is 25.1 Å². The van der Waals surface area contributed by atoms with Gasteiger partial charge in [0, 0.05) is 12.5 Å². The van der Waals surface area contributed by atoms with Crippen LogP contribution in [0.2, 0.25) is 0 Å². The van der Waals surface area contributed by atoms with Crippen molar-refractivity contribution in [2.45, 2.75) is 38.3 Å². The quantitative estimate of drug-likeness (QED) is 0.875. The van der Waals surface area contributed by atoms with E-state index in [0.29, 0.717) is 6.04 Å². The molecule has 1 aliphatic heterocycles. The summed E-state index contributed by atoms with van der Waals surface area (Å²) in [6, 6.07) is 11.0. The number of ether oxygens (including phenoxy) is 1. The molecule has 2 heterocycles. The Morgan fingerprint density at radius 1 is 1.35 bits per heavy atom. The van der Waals surface area contributed by atoms with Crippen LogP contribution in [0.3, 0.4) is 0 Å². The van der Waals surface area contributed by atoms with Crippen molar-refractivity contribution in [2.75, 3.05) is 6.54 Å². The fourth-order valence-corrected chi connectivity index (χ4v) is 3.44. The summed E-state index contributed by atoms with van der Waals surface area (Å²) in [5.74, 6) is 1.06. The summed E-state index contributed by atoms with van der Waals surface area (Å²) in [5, 5.41) is 8.05. The molecule has 106 valence electrons. The van der Waals surface area contributed by atoms with Gasteiger partial charge in [-0.3, -0.25) is 0 Å². The highest BCUT2D eigenvalue weighted by molar-refractivity contribution is 7.07. The van der Waals surface area contributed by atoms with Gasteiger partial charge < -0.3 is 10.1 Å². The summed E-state index contributed by atoms with van der Waals surface area (Å²) >= 11 is 1.77. The highest BCUT2D eigenvalue weighted by atomic mass is 32.1. The third-order valence-corrected chi connectivity index (χ3v) is 4.55. The van der Waals surface area contributed by atoms with Crippen LogP contribution in [-0.4, -0.2) is 18.7 Å². The van der Waals surface area contributed by atoms with Crippen molar-refractivity contribution in [1.29, 1.82) is 0 Å². The summed E-state index contributed by atoms with van der Waals surface area (Å²) < 4.78 is 6.16.